The van der Waals surface area contributed by atoms with Crippen LogP contribution >= 0.6 is 0 Å². The van der Waals surface area contributed by atoms with E-state index < -0.39 is 0 Å². The zero-order chi connectivity index (χ0) is 36.9. The lowest BCUT2D eigenvalue weighted by atomic mass is 9.78. The molecule has 0 saturated carbocycles. The van der Waals surface area contributed by atoms with Crippen molar-refractivity contribution in [2.45, 2.75) is 19.3 Å². The molecule has 4 nitrogen and oxygen atoms in total. The lowest BCUT2D eigenvalue weighted by molar-refractivity contribution is 0.662. The molecule has 0 saturated heterocycles. The van der Waals surface area contributed by atoms with Crippen molar-refractivity contribution in [2.24, 2.45) is 0 Å². The highest BCUT2D eigenvalue weighted by Gasteiger charge is 2.39. The molecule has 3 heterocycles. The smallest absolute Gasteiger partial charge is 0.160 e. The first kappa shape index (κ1) is 32.6. The van der Waals surface area contributed by atoms with E-state index in [1.54, 1.807) is 6.20 Å². The molecule has 0 aliphatic heterocycles. The number of pyridine rings is 2. The van der Waals surface area contributed by atoms with Crippen molar-refractivity contribution >= 4 is 10.9 Å². The van der Waals surface area contributed by atoms with Crippen LogP contribution < -0.4 is 0 Å². The van der Waals surface area contributed by atoms with Crippen molar-refractivity contribution in [1.29, 1.82) is 0 Å². The van der Waals surface area contributed by atoms with Gasteiger partial charge in [-0.1, -0.05) is 166 Å². The lowest BCUT2D eigenvalue weighted by Gasteiger charge is -2.25. The number of aromatic nitrogens is 4. The first-order valence-electron chi connectivity index (χ1n) is 18.7. The van der Waals surface area contributed by atoms with Crippen molar-refractivity contribution in [2.75, 3.05) is 0 Å². The van der Waals surface area contributed by atoms with Gasteiger partial charge < -0.3 is 0 Å². The normalized spacial score (nSPS) is 12.7. The maximum atomic E-state index is 5.25. The first-order valence-corrected chi connectivity index (χ1v) is 18.7. The van der Waals surface area contributed by atoms with Crippen LogP contribution in [0, 0.1) is 0 Å². The molecule has 260 valence electrons. The molecule has 4 heteroatoms. The molecule has 0 fully saturated rings. The Morgan fingerprint density at radius 2 is 0.982 bits per heavy atom. The second-order valence-electron chi connectivity index (χ2n) is 14.7. The summed E-state index contributed by atoms with van der Waals surface area (Å²) in [6, 6.07) is 59.8. The van der Waals surface area contributed by atoms with E-state index in [9.17, 15) is 0 Å². The van der Waals surface area contributed by atoms with Crippen LogP contribution in [0.25, 0.3) is 89.4 Å². The molecule has 9 aromatic rings. The lowest BCUT2D eigenvalue weighted by Crippen LogP contribution is -2.16. The van der Waals surface area contributed by atoms with Gasteiger partial charge in [-0.2, -0.15) is 0 Å². The first-order chi connectivity index (χ1) is 27.0. The third-order valence-corrected chi connectivity index (χ3v) is 11.0. The Morgan fingerprint density at radius 3 is 1.67 bits per heavy atom. The van der Waals surface area contributed by atoms with Gasteiger partial charge in [0.1, 0.15) is 0 Å². The molecule has 0 N–H and O–H groups in total. The van der Waals surface area contributed by atoms with E-state index in [0.717, 1.165) is 66.9 Å². The third-order valence-electron chi connectivity index (χ3n) is 11.0. The van der Waals surface area contributed by atoms with Crippen LogP contribution in [0.5, 0.6) is 0 Å². The topological polar surface area (TPSA) is 51.6 Å². The molecule has 0 amide bonds. The molecule has 0 radical (unpaired) electrons. The highest BCUT2D eigenvalue weighted by atomic mass is 14.9. The number of fused-ring (bicyclic) bond motifs is 4. The monoisotopic (exact) mass is 704 g/mol. The van der Waals surface area contributed by atoms with Crippen molar-refractivity contribution in [3.8, 4) is 78.5 Å². The highest BCUT2D eigenvalue weighted by molar-refractivity contribution is 6.02. The fourth-order valence-electron chi connectivity index (χ4n) is 8.17. The number of benzene rings is 6. The molecule has 55 heavy (non-hydrogen) atoms. The summed E-state index contributed by atoms with van der Waals surface area (Å²) >= 11 is 0. The minimum Gasteiger partial charge on any atom is -0.264 e. The van der Waals surface area contributed by atoms with Crippen LogP contribution in [-0.2, 0) is 5.41 Å². The zero-order valence-corrected chi connectivity index (χ0v) is 30.6. The van der Waals surface area contributed by atoms with Gasteiger partial charge in [0.15, 0.2) is 5.82 Å². The third kappa shape index (κ3) is 5.71. The van der Waals surface area contributed by atoms with Crippen LogP contribution in [0.15, 0.2) is 182 Å². The van der Waals surface area contributed by atoms with Gasteiger partial charge >= 0.3 is 0 Å². The molecule has 0 spiro atoms. The second kappa shape index (κ2) is 13.1. The average molecular weight is 705 g/mol. The standard InChI is InChI=1S/C51H36N4/c1-51(2)43-16-8-6-14-41(43)49-48(51)47(42-15-7-9-17-44(42)53-49)38-26-24-37(25-27-38)46-31-45(36-22-18-35(19-23-36)40-13-10-30-52-32-40)54-50(55-46)39-28-20-34(21-29-39)33-11-4-3-5-12-33/h3-32H,1-2H3. The van der Waals surface area contributed by atoms with Gasteiger partial charge in [0.2, 0.25) is 0 Å². The van der Waals surface area contributed by atoms with Gasteiger partial charge in [-0.05, 0) is 62.7 Å². The Hall–Kier alpha value is -7.04. The molecular formula is C51H36N4. The van der Waals surface area contributed by atoms with Crippen LogP contribution in [0.4, 0.5) is 0 Å². The number of rotatable bonds is 6. The Bertz CT molecular complexity index is 2740. The summed E-state index contributed by atoms with van der Waals surface area (Å²) < 4.78 is 0. The van der Waals surface area contributed by atoms with Crippen molar-refractivity contribution in [1.82, 2.24) is 19.9 Å². The molecule has 0 atom stereocenters. The molecular weight excluding hydrogens is 669 g/mol. The van der Waals surface area contributed by atoms with E-state index in [1.807, 2.05) is 18.3 Å². The van der Waals surface area contributed by atoms with E-state index in [4.69, 9.17) is 15.0 Å². The molecule has 1 aliphatic rings. The molecule has 1 aliphatic carbocycles. The summed E-state index contributed by atoms with van der Waals surface area (Å²) in [4.78, 5) is 19.9. The summed E-state index contributed by atoms with van der Waals surface area (Å²) in [6.45, 7) is 4.65. The quantitative estimate of drug-likeness (QED) is 0.173. The van der Waals surface area contributed by atoms with Gasteiger partial charge in [0.25, 0.3) is 0 Å². The Labute approximate surface area is 320 Å². The Morgan fingerprint density at radius 1 is 0.436 bits per heavy atom. The van der Waals surface area contributed by atoms with Crippen LogP contribution in [0.1, 0.15) is 25.0 Å². The van der Waals surface area contributed by atoms with Gasteiger partial charge in [0, 0.05) is 45.4 Å². The summed E-state index contributed by atoms with van der Waals surface area (Å²) in [5.41, 5.74) is 17.4. The molecule has 0 bridgehead atoms. The van der Waals surface area contributed by atoms with Crippen LogP contribution in [0.3, 0.4) is 0 Å². The van der Waals surface area contributed by atoms with Crippen molar-refractivity contribution in [3.05, 3.63) is 193 Å². The predicted molar refractivity (Wildman–Crippen MR) is 225 cm³/mol. The summed E-state index contributed by atoms with van der Waals surface area (Å²) in [6.07, 6.45) is 3.69. The van der Waals surface area contributed by atoms with E-state index in [-0.39, 0.29) is 5.41 Å². The Balaban J connectivity index is 1.09. The minimum atomic E-state index is -0.198. The fourth-order valence-corrected chi connectivity index (χ4v) is 8.17. The molecule has 10 rings (SSSR count). The van der Waals surface area contributed by atoms with Crippen molar-refractivity contribution in [3.63, 3.8) is 0 Å². The molecule has 6 aromatic carbocycles. The van der Waals surface area contributed by atoms with E-state index in [2.05, 4.69) is 177 Å². The SMILES string of the molecule is CC1(C)c2ccccc2-c2nc3ccccc3c(-c3ccc(-c4cc(-c5ccc(-c6cccnc6)cc5)nc(-c5ccc(-c6ccccc6)cc5)n4)cc3)c21. The van der Waals surface area contributed by atoms with E-state index >= 15 is 0 Å². The second-order valence-corrected chi connectivity index (χ2v) is 14.7. The number of nitrogens with zero attached hydrogens (tertiary/aromatic N) is 4. The van der Waals surface area contributed by atoms with Crippen LogP contribution in [-0.4, -0.2) is 19.9 Å². The summed E-state index contributed by atoms with van der Waals surface area (Å²) in [7, 11) is 0. The maximum Gasteiger partial charge on any atom is 0.160 e. The molecule has 3 aromatic heterocycles. The van der Waals surface area contributed by atoms with Crippen molar-refractivity contribution < 1.29 is 0 Å². The highest BCUT2D eigenvalue weighted by Crippen LogP contribution is 2.53. The maximum absolute atomic E-state index is 5.25. The summed E-state index contributed by atoms with van der Waals surface area (Å²) in [5, 5.41) is 1.16. The molecule has 0 unspecified atom stereocenters. The zero-order valence-electron chi connectivity index (χ0n) is 30.6. The van der Waals surface area contributed by atoms with Gasteiger partial charge in [-0.15, -0.1) is 0 Å². The van der Waals surface area contributed by atoms with Gasteiger partial charge in [-0.3, -0.25) is 4.98 Å². The fraction of sp³-hybridized carbons (Fsp3) is 0.0588. The number of para-hydroxylation sites is 1. The van der Waals surface area contributed by atoms with Gasteiger partial charge in [-0.25, -0.2) is 15.0 Å². The van der Waals surface area contributed by atoms with Gasteiger partial charge in [0.05, 0.1) is 22.6 Å². The van der Waals surface area contributed by atoms with E-state index in [1.165, 1.54) is 27.8 Å². The largest absolute Gasteiger partial charge is 0.264 e. The number of hydrogen-bond acceptors (Lipinski definition) is 4. The predicted octanol–water partition coefficient (Wildman–Crippen LogP) is 12.7. The van der Waals surface area contributed by atoms with E-state index in [0.29, 0.717) is 5.82 Å². The minimum absolute atomic E-state index is 0.198. The summed E-state index contributed by atoms with van der Waals surface area (Å²) in [5.74, 6) is 0.685. The number of hydrogen-bond donors (Lipinski definition) is 0. The average Bonchev–Trinajstić information content (AvgIpc) is 3.48. The van der Waals surface area contributed by atoms with Crippen LogP contribution in [0.2, 0.25) is 0 Å². The Kier molecular flexibility index (Phi) is 7.77.